The molecule has 1 saturated carbocycles. The molecule has 2 aromatic rings. The van der Waals surface area contributed by atoms with Crippen molar-refractivity contribution in [2.45, 2.75) is 22.5 Å². The number of hydrogen-bond acceptors (Lipinski definition) is 4. The summed E-state index contributed by atoms with van der Waals surface area (Å²) in [6.07, 6.45) is 1.13. The second-order valence-electron chi connectivity index (χ2n) is 7.58. The number of carboxylic acids is 1. The number of amides is 3. The van der Waals surface area contributed by atoms with E-state index in [2.05, 4.69) is 37.2 Å². The number of aromatic carboxylic acids is 1. The minimum absolute atomic E-state index is 0.0327. The Morgan fingerprint density at radius 3 is 2.16 bits per heavy atom. The molecule has 2 aromatic carbocycles. The molecule has 31 heavy (non-hydrogen) atoms. The molecule has 0 unspecified atom stereocenters. The van der Waals surface area contributed by atoms with Gasteiger partial charge in [0.25, 0.3) is 5.91 Å². The lowest BCUT2D eigenvalue weighted by Crippen LogP contribution is -2.34. The van der Waals surface area contributed by atoms with Crippen LogP contribution in [0.2, 0.25) is 0 Å². The fourth-order valence-corrected chi connectivity index (χ4v) is 5.35. The lowest BCUT2D eigenvalue weighted by atomic mass is 9.81. The Morgan fingerprint density at radius 2 is 1.55 bits per heavy atom. The first kappa shape index (κ1) is 21.7. The van der Waals surface area contributed by atoms with E-state index in [1.807, 2.05) is 0 Å². The summed E-state index contributed by atoms with van der Waals surface area (Å²) < 4.78 is 0. The zero-order chi connectivity index (χ0) is 22.3. The predicted octanol–water partition coefficient (Wildman–Crippen LogP) is 4.06. The number of nitrogens with one attached hydrogen (secondary N) is 1. The van der Waals surface area contributed by atoms with Crippen molar-refractivity contribution in [3.63, 3.8) is 0 Å². The second-order valence-corrected chi connectivity index (χ2v) is 9.94. The van der Waals surface area contributed by atoms with E-state index >= 15 is 0 Å². The minimum atomic E-state index is -1.16. The lowest BCUT2D eigenvalue weighted by molar-refractivity contribution is -0.122. The lowest BCUT2D eigenvalue weighted by Gasteiger charge is -2.29. The second kappa shape index (κ2) is 8.55. The molecule has 1 aliphatic carbocycles. The molecule has 0 spiro atoms. The Hall–Kier alpha value is -2.52. The molecule has 3 amide bonds. The summed E-state index contributed by atoms with van der Waals surface area (Å²) in [6.45, 7) is 0. The highest BCUT2D eigenvalue weighted by molar-refractivity contribution is 9.12. The molecule has 4 rings (SSSR count). The predicted molar refractivity (Wildman–Crippen MR) is 122 cm³/mol. The standard InChI is InChI=1S/C22H18Br2N2O5/c23-16-9-14-15(10-17(16)24)21(29)26(20(14)28)12-5-3-4-11(8-12)19(27)25-18-7-2-1-6-13(18)22(30)31/h1-8,14-17H,9-10H2,(H,25,27)(H,30,31)/t14-,15-,16-,17+/m1/s1. The van der Waals surface area contributed by atoms with Crippen molar-refractivity contribution in [2.24, 2.45) is 11.8 Å². The third kappa shape index (κ3) is 4.04. The summed E-state index contributed by atoms with van der Waals surface area (Å²) in [5.41, 5.74) is 0.678. The summed E-state index contributed by atoms with van der Waals surface area (Å²) in [7, 11) is 0. The number of carboxylic acid groups (broad SMARTS) is 1. The van der Waals surface area contributed by atoms with Gasteiger partial charge in [0.2, 0.25) is 11.8 Å². The number of alkyl halides is 2. The highest BCUT2D eigenvalue weighted by Gasteiger charge is 2.52. The number of benzene rings is 2. The Morgan fingerprint density at radius 1 is 0.935 bits per heavy atom. The van der Waals surface area contributed by atoms with Crippen LogP contribution in [0.15, 0.2) is 48.5 Å². The van der Waals surface area contributed by atoms with Crippen LogP contribution in [0.4, 0.5) is 11.4 Å². The molecule has 0 radical (unpaired) electrons. The number of para-hydroxylation sites is 1. The number of nitrogens with zero attached hydrogens (tertiary/aromatic N) is 1. The van der Waals surface area contributed by atoms with Gasteiger partial charge in [0.05, 0.1) is 28.8 Å². The van der Waals surface area contributed by atoms with Gasteiger partial charge in [-0.2, -0.15) is 0 Å². The van der Waals surface area contributed by atoms with E-state index in [1.165, 1.54) is 23.1 Å². The number of fused-ring (bicyclic) bond motifs is 1. The molecule has 0 aromatic heterocycles. The van der Waals surface area contributed by atoms with Crippen molar-refractivity contribution in [2.75, 3.05) is 10.2 Å². The molecule has 160 valence electrons. The van der Waals surface area contributed by atoms with Crippen LogP contribution in [0.1, 0.15) is 33.6 Å². The zero-order valence-corrected chi connectivity index (χ0v) is 19.3. The zero-order valence-electron chi connectivity index (χ0n) is 16.1. The first-order valence-electron chi connectivity index (χ1n) is 9.67. The Labute approximate surface area is 195 Å². The van der Waals surface area contributed by atoms with E-state index in [0.29, 0.717) is 18.5 Å². The van der Waals surface area contributed by atoms with Crippen molar-refractivity contribution in [3.05, 3.63) is 59.7 Å². The first-order valence-corrected chi connectivity index (χ1v) is 11.5. The summed E-state index contributed by atoms with van der Waals surface area (Å²) in [6, 6.07) is 12.3. The van der Waals surface area contributed by atoms with Crippen molar-refractivity contribution < 1.29 is 24.3 Å². The van der Waals surface area contributed by atoms with E-state index < -0.39 is 11.9 Å². The van der Waals surface area contributed by atoms with E-state index in [0.717, 1.165) is 0 Å². The van der Waals surface area contributed by atoms with E-state index in [-0.39, 0.29) is 50.1 Å². The van der Waals surface area contributed by atoms with Crippen LogP contribution in [0, 0.1) is 11.8 Å². The van der Waals surface area contributed by atoms with Crippen LogP contribution in [0.3, 0.4) is 0 Å². The van der Waals surface area contributed by atoms with Gasteiger partial charge in [0.1, 0.15) is 0 Å². The highest BCUT2D eigenvalue weighted by Crippen LogP contribution is 2.44. The van der Waals surface area contributed by atoms with Crippen molar-refractivity contribution in [1.82, 2.24) is 0 Å². The molecule has 4 atom stereocenters. The fraction of sp³-hybridized carbons (Fsp3) is 0.273. The van der Waals surface area contributed by atoms with Crippen LogP contribution in [-0.2, 0) is 9.59 Å². The van der Waals surface area contributed by atoms with Gasteiger partial charge in [-0.05, 0) is 43.2 Å². The number of hydrogen-bond donors (Lipinski definition) is 2. The third-order valence-electron chi connectivity index (χ3n) is 5.68. The SMILES string of the molecule is O=C(Nc1ccccc1C(=O)O)c1cccc(N2C(=O)[C@@H]3C[C@@H](Br)[C@@H](Br)C[C@H]3C2=O)c1. The summed E-state index contributed by atoms with van der Waals surface area (Å²) in [5, 5.41) is 11.9. The van der Waals surface area contributed by atoms with Gasteiger partial charge >= 0.3 is 5.97 Å². The number of imide groups is 1. The normalized spacial score (nSPS) is 25.3. The fourth-order valence-electron chi connectivity index (χ4n) is 4.11. The van der Waals surface area contributed by atoms with E-state index in [9.17, 15) is 24.3 Å². The van der Waals surface area contributed by atoms with Gasteiger partial charge in [0, 0.05) is 15.2 Å². The Bertz CT molecular complexity index is 1060. The molecule has 1 saturated heterocycles. The number of carbonyl (C=O) groups excluding carboxylic acids is 3. The van der Waals surface area contributed by atoms with Crippen molar-refractivity contribution >= 4 is 66.9 Å². The van der Waals surface area contributed by atoms with Crippen LogP contribution in [0.5, 0.6) is 0 Å². The summed E-state index contributed by atoms with van der Waals surface area (Å²) in [4.78, 5) is 51.5. The van der Waals surface area contributed by atoms with Gasteiger partial charge in [-0.15, -0.1) is 0 Å². The van der Waals surface area contributed by atoms with Gasteiger partial charge < -0.3 is 10.4 Å². The smallest absolute Gasteiger partial charge is 0.337 e. The number of carbonyl (C=O) groups is 4. The molecule has 2 N–H and O–H groups in total. The van der Waals surface area contributed by atoms with Gasteiger partial charge in [-0.1, -0.05) is 50.1 Å². The molecule has 1 aliphatic heterocycles. The number of rotatable bonds is 4. The minimum Gasteiger partial charge on any atom is -0.478 e. The highest BCUT2D eigenvalue weighted by atomic mass is 79.9. The Kier molecular flexibility index (Phi) is 5.98. The molecule has 2 aliphatic rings. The van der Waals surface area contributed by atoms with Crippen LogP contribution in [-0.4, -0.2) is 38.5 Å². The quantitative estimate of drug-likeness (QED) is 0.442. The number of anilines is 2. The molecule has 0 bridgehead atoms. The van der Waals surface area contributed by atoms with E-state index in [1.54, 1.807) is 30.3 Å². The maximum atomic E-state index is 13.0. The topological polar surface area (TPSA) is 104 Å². The van der Waals surface area contributed by atoms with Crippen molar-refractivity contribution in [1.29, 1.82) is 0 Å². The summed E-state index contributed by atoms with van der Waals surface area (Å²) >= 11 is 7.14. The third-order valence-corrected chi connectivity index (χ3v) is 8.42. The largest absolute Gasteiger partial charge is 0.478 e. The summed E-state index contributed by atoms with van der Waals surface area (Å²) in [5.74, 6) is -2.97. The molecule has 7 nitrogen and oxygen atoms in total. The molecule has 1 heterocycles. The molecular formula is C22H18Br2N2O5. The van der Waals surface area contributed by atoms with Gasteiger partial charge in [0.15, 0.2) is 0 Å². The van der Waals surface area contributed by atoms with Crippen molar-refractivity contribution in [3.8, 4) is 0 Å². The Balaban J connectivity index is 1.59. The van der Waals surface area contributed by atoms with Crippen LogP contribution in [0.25, 0.3) is 0 Å². The molecule has 9 heteroatoms. The maximum Gasteiger partial charge on any atom is 0.337 e. The number of halogens is 2. The van der Waals surface area contributed by atoms with Crippen LogP contribution < -0.4 is 10.2 Å². The first-order chi connectivity index (χ1) is 14.8. The van der Waals surface area contributed by atoms with Gasteiger partial charge in [-0.3, -0.25) is 19.3 Å². The average Bonchev–Trinajstić information content (AvgIpc) is 2.98. The average molecular weight is 550 g/mol. The molecule has 2 fully saturated rings. The van der Waals surface area contributed by atoms with Gasteiger partial charge in [-0.25, -0.2) is 4.79 Å². The van der Waals surface area contributed by atoms with Crippen LogP contribution >= 0.6 is 31.9 Å². The molecular weight excluding hydrogens is 532 g/mol. The maximum absolute atomic E-state index is 13.0. The monoisotopic (exact) mass is 548 g/mol. The van der Waals surface area contributed by atoms with E-state index in [4.69, 9.17) is 0 Å².